The monoisotopic (exact) mass is 249 g/mol. The molecule has 1 rings (SSSR count). The van der Waals surface area contributed by atoms with Gasteiger partial charge in [0.05, 0.1) is 0 Å². The first-order valence-corrected chi connectivity index (χ1v) is 4.61. The van der Waals surface area contributed by atoms with Crippen LogP contribution in [0.2, 0.25) is 0 Å². The van der Waals surface area contributed by atoms with Crippen molar-refractivity contribution in [1.29, 1.82) is 0 Å². The van der Waals surface area contributed by atoms with Crippen LogP contribution in [0.5, 0.6) is 5.75 Å². The molecule has 16 heavy (non-hydrogen) atoms. The molecule has 1 aromatic carbocycles. The van der Waals surface area contributed by atoms with Gasteiger partial charge in [-0.15, -0.1) is 19.0 Å². The average Bonchev–Trinajstić information content (AvgIpc) is 2.23. The van der Waals surface area contributed by atoms with Gasteiger partial charge in [-0.3, -0.25) is 0 Å². The molecule has 2 nitrogen and oxygen atoms in total. The van der Waals surface area contributed by atoms with Crippen molar-refractivity contribution in [1.82, 2.24) is 0 Å². The predicted molar refractivity (Wildman–Crippen MR) is 61.6 cm³/mol. The molecule has 0 spiro atoms. The molecule has 0 aliphatic rings. The fraction of sp³-hybridized carbons (Fsp3) is 0.273. The zero-order valence-corrected chi connectivity index (χ0v) is 9.44. The van der Waals surface area contributed by atoms with Crippen LogP contribution in [0.15, 0.2) is 24.8 Å². The molecule has 1 aromatic rings. The van der Waals surface area contributed by atoms with E-state index in [0.717, 1.165) is 6.07 Å². The van der Waals surface area contributed by atoms with Crippen molar-refractivity contribution >= 4 is 12.4 Å². The lowest BCUT2D eigenvalue weighted by molar-refractivity contribution is 0.396. The van der Waals surface area contributed by atoms with Crippen molar-refractivity contribution in [2.75, 3.05) is 0 Å². The van der Waals surface area contributed by atoms with Gasteiger partial charge in [0.1, 0.15) is 0 Å². The van der Waals surface area contributed by atoms with E-state index in [0.29, 0.717) is 12.8 Å². The first-order chi connectivity index (χ1) is 7.07. The summed E-state index contributed by atoms with van der Waals surface area (Å²) in [5.41, 5.74) is 5.92. The van der Waals surface area contributed by atoms with Crippen LogP contribution in [-0.2, 0) is 0 Å². The predicted octanol–water partition coefficient (Wildman–Crippen LogP) is 3.06. The Morgan fingerprint density at radius 2 is 2.06 bits per heavy atom. The third-order valence-corrected chi connectivity index (χ3v) is 2.18. The number of aromatic hydroxyl groups is 1. The van der Waals surface area contributed by atoms with Crippen LogP contribution in [0.1, 0.15) is 24.4 Å². The summed E-state index contributed by atoms with van der Waals surface area (Å²) in [6, 6.07) is 1.73. The first kappa shape index (κ1) is 14.9. The van der Waals surface area contributed by atoms with Gasteiger partial charge in [0, 0.05) is 11.6 Å². The van der Waals surface area contributed by atoms with Crippen LogP contribution in [0.3, 0.4) is 0 Å². The van der Waals surface area contributed by atoms with E-state index >= 15 is 0 Å². The number of phenolic OH excluding ortho intramolecular Hbond substituents is 1. The number of phenols is 1. The number of halogens is 3. The molecule has 5 heteroatoms. The van der Waals surface area contributed by atoms with E-state index in [9.17, 15) is 13.9 Å². The van der Waals surface area contributed by atoms with Gasteiger partial charge in [0.2, 0.25) is 5.82 Å². The Balaban J connectivity index is 0.00000225. The van der Waals surface area contributed by atoms with E-state index in [-0.39, 0.29) is 18.0 Å². The highest BCUT2D eigenvalue weighted by Crippen LogP contribution is 2.29. The SMILES string of the molecule is C=CCC[C@H](N)c1ccc(F)c(F)c1O.Cl. The Labute approximate surface area is 99.2 Å². The highest BCUT2D eigenvalue weighted by molar-refractivity contribution is 5.85. The Morgan fingerprint density at radius 3 is 2.62 bits per heavy atom. The van der Waals surface area contributed by atoms with Gasteiger partial charge in [-0.05, 0) is 18.9 Å². The molecule has 0 unspecified atom stereocenters. The summed E-state index contributed by atoms with van der Waals surface area (Å²) in [6.07, 6.45) is 2.86. The van der Waals surface area contributed by atoms with Crippen molar-refractivity contribution in [3.8, 4) is 5.75 Å². The highest BCUT2D eigenvalue weighted by Gasteiger charge is 2.16. The van der Waals surface area contributed by atoms with Crippen molar-refractivity contribution in [3.05, 3.63) is 42.0 Å². The highest BCUT2D eigenvalue weighted by atomic mass is 35.5. The Morgan fingerprint density at radius 1 is 1.44 bits per heavy atom. The molecular weight excluding hydrogens is 236 g/mol. The van der Waals surface area contributed by atoms with Gasteiger partial charge in [-0.1, -0.05) is 12.1 Å². The lowest BCUT2D eigenvalue weighted by atomic mass is 10.0. The molecule has 0 saturated carbocycles. The van der Waals surface area contributed by atoms with Gasteiger partial charge in [0.25, 0.3) is 0 Å². The van der Waals surface area contributed by atoms with Crippen molar-refractivity contribution in [2.24, 2.45) is 5.73 Å². The molecule has 0 saturated heterocycles. The summed E-state index contributed by atoms with van der Waals surface area (Å²) < 4.78 is 25.7. The fourth-order valence-electron chi connectivity index (χ4n) is 1.31. The summed E-state index contributed by atoms with van der Waals surface area (Å²) >= 11 is 0. The smallest absolute Gasteiger partial charge is 0.200 e. The maximum atomic E-state index is 13.0. The minimum absolute atomic E-state index is 0. The Kier molecular flexibility index (Phi) is 6.00. The molecule has 0 fully saturated rings. The van der Waals surface area contributed by atoms with Crippen molar-refractivity contribution < 1.29 is 13.9 Å². The van der Waals surface area contributed by atoms with Gasteiger partial charge >= 0.3 is 0 Å². The van der Waals surface area contributed by atoms with Gasteiger partial charge in [0.15, 0.2) is 11.6 Å². The third kappa shape index (κ3) is 3.18. The molecule has 3 N–H and O–H groups in total. The molecule has 1 atom stereocenters. The number of hydrogen-bond donors (Lipinski definition) is 2. The molecule has 0 aliphatic carbocycles. The quantitative estimate of drug-likeness (QED) is 0.806. The number of nitrogens with two attached hydrogens (primary N) is 1. The largest absolute Gasteiger partial charge is 0.505 e. The molecule has 0 aliphatic heterocycles. The van der Waals surface area contributed by atoms with E-state index in [1.54, 1.807) is 6.08 Å². The van der Waals surface area contributed by atoms with Crippen LogP contribution in [-0.4, -0.2) is 5.11 Å². The van der Waals surface area contributed by atoms with E-state index < -0.39 is 23.4 Å². The second-order valence-corrected chi connectivity index (χ2v) is 3.27. The molecule has 0 aromatic heterocycles. The minimum atomic E-state index is -1.25. The minimum Gasteiger partial charge on any atom is -0.505 e. The fourth-order valence-corrected chi connectivity index (χ4v) is 1.31. The summed E-state index contributed by atoms with van der Waals surface area (Å²) in [6.45, 7) is 3.53. The van der Waals surface area contributed by atoms with Crippen molar-refractivity contribution in [2.45, 2.75) is 18.9 Å². The van der Waals surface area contributed by atoms with E-state index in [2.05, 4.69) is 6.58 Å². The molecule has 0 heterocycles. The van der Waals surface area contributed by atoms with E-state index in [1.165, 1.54) is 6.07 Å². The standard InChI is InChI=1S/C11H13F2NO.ClH/c1-2-3-4-9(14)7-5-6-8(12)10(13)11(7)15;/h2,5-6,9,15H,1,3-4,14H2;1H/t9-;/m0./s1. The lowest BCUT2D eigenvalue weighted by Crippen LogP contribution is -2.10. The average molecular weight is 250 g/mol. The molecular formula is C11H14ClF2NO. The second-order valence-electron chi connectivity index (χ2n) is 3.27. The maximum Gasteiger partial charge on any atom is 0.200 e. The zero-order chi connectivity index (χ0) is 11.4. The third-order valence-electron chi connectivity index (χ3n) is 2.18. The van der Waals surface area contributed by atoms with Crippen LogP contribution < -0.4 is 5.73 Å². The van der Waals surface area contributed by atoms with Crippen LogP contribution >= 0.6 is 12.4 Å². The summed E-state index contributed by atoms with van der Waals surface area (Å²) in [5.74, 6) is -3.03. The van der Waals surface area contributed by atoms with Gasteiger partial charge in [-0.25, -0.2) is 4.39 Å². The van der Waals surface area contributed by atoms with Gasteiger partial charge < -0.3 is 10.8 Å². The Bertz CT molecular complexity index is 371. The van der Waals surface area contributed by atoms with Crippen LogP contribution in [0.25, 0.3) is 0 Å². The summed E-state index contributed by atoms with van der Waals surface area (Å²) in [7, 11) is 0. The molecule has 90 valence electrons. The maximum absolute atomic E-state index is 13.0. The first-order valence-electron chi connectivity index (χ1n) is 4.61. The van der Waals surface area contributed by atoms with E-state index in [4.69, 9.17) is 5.73 Å². The summed E-state index contributed by atoms with van der Waals surface area (Å²) in [5, 5.41) is 9.33. The number of allylic oxidation sites excluding steroid dienone is 1. The molecule has 0 radical (unpaired) electrons. The number of hydrogen-bond acceptors (Lipinski definition) is 2. The number of rotatable bonds is 4. The van der Waals surface area contributed by atoms with Crippen LogP contribution in [0.4, 0.5) is 8.78 Å². The Hall–Kier alpha value is -1.13. The topological polar surface area (TPSA) is 46.2 Å². The zero-order valence-electron chi connectivity index (χ0n) is 8.62. The normalized spacial score (nSPS) is 11.7. The second kappa shape index (κ2) is 6.45. The van der Waals surface area contributed by atoms with Crippen molar-refractivity contribution in [3.63, 3.8) is 0 Å². The van der Waals surface area contributed by atoms with Crippen LogP contribution in [0, 0.1) is 11.6 Å². The van der Waals surface area contributed by atoms with Gasteiger partial charge in [-0.2, -0.15) is 4.39 Å². The summed E-state index contributed by atoms with van der Waals surface area (Å²) in [4.78, 5) is 0. The molecule has 0 bridgehead atoms. The lowest BCUT2D eigenvalue weighted by Gasteiger charge is -2.13. The molecule has 0 amide bonds. The number of benzene rings is 1. The van der Waals surface area contributed by atoms with E-state index in [1.807, 2.05) is 0 Å².